The first kappa shape index (κ1) is 20.1. The van der Waals surface area contributed by atoms with Gasteiger partial charge in [-0.05, 0) is 31.0 Å². The molecule has 2 heterocycles. The molecular formula is C16H18ClN3O5S2. The predicted molar refractivity (Wildman–Crippen MR) is 101 cm³/mol. The number of carbonyl (C=O) groups is 3. The molecule has 146 valence electrons. The quantitative estimate of drug-likeness (QED) is 0.753. The molecule has 0 bridgehead atoms. The number of halogens is 1. The van der Waals surface area contributed by atoms with Crippen LogP contribution in [0.3, 0.4) is 0 Å². The number of imide groups is 1. The van der Waals surface area contributed by atoms with Crippen LogP contribution in [0, 0.1) is 0 Å². The highest BCUT2D eigenvalue weighted by Crippen LogP contribution is 2.26. The number of nitrogens with one attached hydrogen (secondary N) is 1. The van der Waals surface area contributed by atoms with Crippen LogP contribution < -0.4 is 4.72 Å². The molecule has 3 rings (SSSR count). The summed E-state index contributed by atoms with van der Waals surface area (Å²) >= 11 is 6.80. The predicted octanol–water partition coefficient (Wildman–Crippen LogP) is 1.30. The average Bonchev–Trinajstić information content (AvgIpc) is 2.98. The first-order chi connectivity index (χ1) is 12.8. The highest BCUT2D eigenvalue weighted by molar-refractivity contribution is 8.14. The van der Waals surface area contributed by atoms with E-state index in [0.29, 0.717) is 25.9 Å². The molecule has 0 aliphatic carbocycles. The number of hydrogen-bond acceptors (Lipinski definition) is 6. The summed E-state index contributed by atoms with van der Waals surface area (Å²) in [7, 11) is -3.84. The first-order valence-electron chi connectivity index (χ1n) is 8.30. The van der Waals surface area contributed by atoms with Crippen molar-refractivity contribution in [2.75, 3.05) is 25.4 Å². The number of carbonyl (C=O) groups excluding carboxylic acids is 3. The van der Waals surface area contributed by atoms with E-state index in [9.17, 15) is 22.8 Å². The van der Waals surface area contributed by atoms with Gasteiger partial charge in [0.1, 0.15) is 0 Å². The highest BCUT2D eigenvalue weighted by atomic mass is 35.5. The van der Waals surface area contributed by atoms with Gasteiger partial charge < -0.3 is 4.90 Å². The molecule has 2 saturated heterocycles. The van der Waals surface area contributed by atoms with Crippen LogP contribution in [0.15, 0.2) is 29.2 Å². The third-order valence-electron chi connectivity index (χ3n) is 4.49. The molecule has 0 unspecified atom stereocenters. The summed E-state index contributed by atoms with van der Waals surface area (Å²) in [4.78, 5) is 38.7. The van der Waals surface area contributed by atoms with Crippen LogP contribution in [-0.4, -0.2) is 66.7 Å². The van der Waals surface area contributed by atoms with Gasteiger partial charge in [0.05, 0.1) is 17.2 Å². The van der Waals surface area contributed by atoms with Crippen molar-refractivity contribution >= 4 is 50.4 Å². The first-order valence-corrected chi connectivity index (χ1v) is 11.1. The Morgan fingerprint density at radius 1 is 1.26 bits per heavy atom. The van der Waals surface area contributed by atoms with Gasteiger partial charge in [-0.3, -0.25) is 19.3 Å². The Kier molecular flexibility index (Phi) is 6.09. The number of hydrogen-bond donors (Lipinski definition) is 1. The van der Waals surface area contributed by atoms with Gasteiger partial charge >= 0.3 is 0 Å². The summed E-state index contributed by atoms with van der Waals surface area (Å²) in [6.07, 6.45) is 0.982. The molecule has 0 radical (unpaired) electrons. The second-order valence-corrected chi connectivity index (χ2v) is 9.34. The topological polar surface area (TPSA) is 104 Å². The van der Waals surface area contributed by atoms with E-state index in [1.54, 1.807) is 6.07 Å². The molecule has 8 nitrogen and oxygen atoms in total. The lowest BCUT2D eigenvalue weighted by Gasteiger charge is -2.35. The number of nitrogens with zero attached hydrogens (tertiary/aromatic N) is 2. The normalized spacial score (nSPS) is 19.0. The smallest absolute Gasteiger partial charge is 0.289 e. The van der Waals surface area contributed by atoms with Gasteiger partial charge in [0.2, 0.25) is 21.8 Å². The molecule has 0 aromatic heterocycles. The molecule has 11 heteroatoms. The summed E-state index contributed by atoms with van der Waals surface area (Å²) < 4.78 is 26.8. The Balaban J connectivity index is 1.52. The summed E-state index contributed by atoms with van der Waals surface area (Å²) in [5.74, 6) is -0.375. The second kappa shape index (κ2) is 8.17. The minimum absolute atomic E-state index is 0.00920. The van der Waals surface area contributed by atoms with E-state index in [1.165, 1.54) is 28.0 Å². The van der Waals surface area contributed by atoms with Gasteiger partial charge in [0.15, 0.2) is 0 Å². The van der Waals surface area contributed by atoms with Crippen LogP contribution in [0.5, 0.6) is 0 Å². The van der Waals surface area contributed by atoms with Crippen LogP contribution >= 0.6 is 23.4 Å². The highest BCUT2D eigenvalue weighted by Gasteiger charge is 2.38. The van der Waals surface area contributed by atoms with E-state index >= 15 is 0 Å². The maximum Gasteiger partial charge on any atom is 0.289 e. The Bertz CT molecular complexity index is 853. The van der Waals surface area contributed by atoms with Crippen molar-refractivity contribution in [2.45, 2.75) is 23.8 Å². The maximum absolute atomic E-state index is 12.3. The molecule has 2 aliphatic heterocycles. The molecule has 27 heavy (non-hydrogen) atoms. The number of sulfonamides is 1. The lowest BCUT2D eigenvalue weighted by atomic mass is 10.0. The maximum atomic E-state index is 12.3. The number of benzene rings is 1. The SMILES string of the molecule is O=C(CNS(=O)(=O)c1cccc(Cl)c1)N1CCC(N2C(=O)CSC2=O)CC1. The van der Waals surface area contributed by atoms with Crippen molar-refractivity contribution in [3.63, 3.8) is 0 Å². The van der Waals surface area contributed by atoms with E-state index in [1.807, 2.05) is 0 Å². The number of thioether (sulfide) groups is 1. The van der Waals surface area contributed by atoms with Gasteiger partial charge in [-0.15, -0.1) is 0 Å². The fourth-order valence-corrected chi connectivity index (χ4v) is 5.13. The van der Waals surface area contributed by atoms with E-state index in [4.69, 9.17) is 11.6 Å². The van der Waals surface area contributed by atoms with Crippen LogP contribution in [0.1, 0.15) is 12.8 Å². The zero-order valence-corrected chi connectivity index (χ0v) is 16.6. The molecule has 1 N–H and O–H groups in total. The molecular weight excluding hydrogens is 414 g/mol. The molecule has 3 amide bonds. The Labute approximate surface area is 166 Å². The Hall–Kier alpha value is -1.62. The largest absolute Gasteiger partial charge is 0.341 e. The molecule has 2 aliphatic rings. The molecule has 1 aromatic rings. The zero-order chi connectivity index (χ0) is 19.6. The Morgan fingerprint density at radius 3 is 2.56 bits per heavy atom. The summed E-state index contributed by atoms with van der Waals surface area (Å²) in [6, 6.07) is 5.58. The minimum atomic E-state index is -3.84. The van der Waals surface area contributed by atoms with Crippen molar-refractivity contribution in [2.24, 2.45) is 0 Å². The van der Waals surface area contributed by atoms with Crippen LogP contribution in [0.25, 0.3) is 0 Å². The van der Waals surface area contributed by atoms with Crippen molar-refractivity contribution in [1.82, 2.24) is 14.5 Å². The monoisotopic (exact) mass is 431 g/mol. The standard InChI is InChI=1S/C16H18ClN3O5S2/c17-11-2-1-3-13(8-11)27(24,25)18-9-14(21)19-6-4-12(5-7-19)20-15(22)10-26-16(20)23/h1-3,8,12,18H,4-7,9-10H2. The molecule has 0 saturated carbocycles. The van der Waals surface area contributed by atoms with Gasteiger partial charge in [0.25, 0.3) is 5.24 Å². The van der Waals surface area contributed by atoms with E-state index in [0.717, 1.165) is 11.8 Å². The average molecular weight is 432 g/mol. The third kappa shape index (κ3) is 4.63. The Morgan fingerprint density at radius 2 is 1.96 bits per heavy atom. The fraction of sp³-hybridized carbons (Fsp3) is 0.438. The molecule has 1 aromatic carbocycles. The number of likely N-dealkylation sites (tertiary alicyclic amines) is 1. The second-order valence-electron chi connectivity index (χ2n) is 6.21. The van der Waals surface area contributed by atoms with Crippen LogP contribution in [-0.2, 0) is 19.6 Å². The lowest BCUT2D eigenvalue weighted by Crippen LogP contribution is -2.50. The van der Waals surface area contributed by atoms with Crippen molar-refractivity contribution < 1.29 is 22.8 Å². The van der Waals surface area contributed by atoms with Crippen LogP contribution in [0.2, 0.25) is 5.02 Å². The van der Waals surface area contributed by atoms with E-state index in [2.05, 4.69) is 4.72 Å². The summed E-state index contributed by atoms with van der Waals surface area (Å²) in [5.41, 5.74) is 0. The van der Waals surface area contributed by atoms with Crippen LogP contribution in [0.4, 0.5) is 4.79 Å². The van der Waals surface area contributed by atoms with Gasteiger partial charge in [-0.2, -0.15) is 0 Å². The summed E-state index contributed by atoms with van der Waals surface area (Å²) in [5, 5.41) is 0.0505. The number of amides is 3. The van der Waals surface area contributed by atoms with E-state index < -0.39 is 10.0 Å². The number of piperidine rings is 1. The van der Waals surface area contributed by atoms with Crippen molar-refractivity contribution in [1.29, 1.82) is 0 Å². The van der Waals surface area contributed by atoms with Crippen molar-refractivity contribution in [3.8, 4) is 0 Å². The molecule has 0 atom stereocenters. The summed E-state index contributed by atoms with van der Waals surface area (Å²) in [6.45, 7) is 0.366. The number of rotatable bonds is 5. The third-order valence-corrected chi connectivity index (χ3v) is 6.96. The van der Waals surface area contributed by atoms with E-state index in [-0.39, 0.29) is 45.3 Å². The molecule has 0 spiro atoms. The minimum Gasteiger partial charge on any atom is -0.341 e. The van der Waals surface area contributed by atoms with Gasteiger partial charge in [-0.25, -0.2) is 13.1 Å². The fourth-order valence-electron chi connectivity index (χ4n) is 3.08. The lowest BCUT2D eigenvalue weighted by molar-refractivity contribution is -0.132. The van der Waals surface area contributed by atoms with Crippen molar-refractivity contribution in [3.05, 3.63) is 29.3 Å². The van der Waals surface area contributed by atoms with Gasteiger partial charge in [-0.1, -0.05) is 29.4 Å². The molecule has 2 fully saturated rings. The van der Waals surface area contributed by atoms with Gasteiger partial charge in [0, 0.05) is 24.2 Å². The zero-order valence-electron chi connectivity index (χ0n) is 14.3.